The van der Waals surface area contributed by atoms with E-state index in [0.29, 0.717) is 6.29 Å². The van der Waals surface area contributed by atoms with Crippen molar-refractivity contribution in [3.05, 3.63) is 0 Å². The zero-order valence-electron chi connectivity index (χ0n) is 7.88. The van der Waals surface area contributed by atoms with E-state index in [1.807, 2.05) is 0 Å². The first-order chi connectivity index (χ1) is 6.51. The molecule has 0 saturated carbocycles. The molecule has 0 fully saturated rings. The molecule has 4 N–H and O–H groups in total. The zero-order chi connectivity index (χ0) is 11.1. The molecule has 0 aromatic heterocycles. The molecule has 14 heavy (non-hydrogen) atoms. The fraction of sp³-hybridized carbons (Fsp3) is 0.750. The van der Waals surface area contributed by atoms with Crippen molar-refractivity contribution in [1.29, 1.82) is 0 Å². The first-order valence-electron chi connectivity index (χ1n) is 4.20. The van der Waals surface area contributed by atoms with Crippen LogP contribution in [-0.2, 0) is 9.59 Å². The van der Waals surface area contributed by atoms with Crippen molar-refractivity contribution in [1.82, 2.24) is 5.32 Å². The van der Waals surface area contributed by atoms with E-state index in [1.54, 1.807) is 0 Å². The van der Waals surface area contributed by atoms with Crippen molar-refractivity contribution in [2.75, 3.05) is 6.61 Å². The monoisotopic (exact) mass is 205 g/mol. The number of carbonyl (C=O) groups is 2. The van der Waals surface area contributed by atoms with Crippen LogP contribution in [0.1, 0.15) is 13.3 Å². The Kier molecular flexibility index (Phi) is 6.02. The summed E-state index contributed by atoms with van der Waals surface area (Å²) in [5.74, 6) is -0.445. The lowest BCUT2D eigenvalue weighted by molar-refractivity contribution is -0.124. The molecule has 0 rings (SSSR count). The van der Waals surface area contributed by atoms with Crippen molar-refractivity contribution >= 4 is 12.2 Å². The van der Waals surface area contributed by atoms with E-state index in [-0.39, 0.29) is 6.42 Å². The largest absolute Gasteiger partial charge is 0.394 e. The molecule has 0 unspecified atom stereocenters. The number of nitrogens with one attached hydrogen (secondary N) is 1. The van der Waals surface area contributed by atoms with Gasteiger partial charge in [-0.15, -0.1) is 0 Å². The van der Waals surface area contributed by atoms with Gasteiger partial charge in [-0.3, -0.25) is 4.79 Å². The van der Waals surface area contributed by atoms with Crippen molar-refractivity contribution in [2.24, 2.45) is 0 Å². The van der Waals surface area contributed by atoms with Crippen LogP contribution in [0.3, 0.4) is 0 Å². The number of amides is 1. The number of hydrogen-bond acceptors (Lipinski definition) is 5. The molecule has 3 atom stereocenters. The van der Waals surface area contributed by atoms with E-state index >= 15 is 0 Å². The van der Waals surface area contributed by atoms with E-state index in [1.165, 1.54) is 6.92 Å². The number of rotatable bonds is 6. The average molecular weight is 205 g/mol. The van der Waals surface area contributed by atoms with Gasteiger partial charge in [0, 0.05) is 13.3 Å². The van der Waals surface area contributed by atoms with Gasteiger partial charge in [0.05, 0.1) is 18.8 Å². The lowest BCUT2D eigenvalue weighted by atomic mass is 10.1. The molecule has 0 bridgehead atoms. The van der Waals surface area contributed by atoms with Crippen molar-refractivity contribution in [3.8, 4) is 0 Å². The average Bonchev–Trinajstić information content (AvgIpc) is 2.13. The Morgan fingerprint density at radius 1 is 1.50 bits per heavy atom. The third-order valence-corrected chi connectivity index (χ3v) is 1.66. The summed E-state index contributed by atoms with van der Waals surface area (Å²) in [5, 5.41) is 29.0. The van der Waals surface area contributed by atoms with Gasteiger partial charge < -0.3 is 25.4 Å². The van der Waals surface area contributed by atoms with E-state index in [4.69, 9.17) is 10.2 Å². The Labute approximate surface area is 81.5 Å². The van der Waals surface area contributed by atoms with Gasteiger partial charge in [0.2, 0.25) is 5.91 Å². The van der Waals surface area contributed by atoms with Crippen LogP contribution >= 0.6 is 0 Å². The van der Waals surface area contributed by atoms with Crippen molar-refractivity contribution in [3.63, 3.8) is 0 Å². The highest BCUT2D eigenvalue weighted by atomic mass is 16.3. The summed E-state index contributed by atoms with van der Waals surface area (Å²) in [6.07, 6.45) is -2.07. The summed E-state index contributed by atoms with van der Waals surface area (Å²) < 4.78 is 0. The normalized spacial score (nSPS) is 16.9. The molecule has 82 valence electrons. The number of carbonyl (C=O) groups excluding carboxylic acids is 2. The molecule has 6 nitrogen and oxygen atoms in total. The first kappa shape index (κ1) is 13.0. The standard InChI is InChI=1S/C8H15NO5/c1-5(12)9-7(4-11)8(14)2-6(13)3-10/h4,6-8,10,13-14H,2-3H2,1H3,(H,9,12)/t6-,7-,8-/m0/s1. The fourth-order valence-electron chi connectivity index (χ4n) is 0.956. The molecule has 0 spiro atoms. The molecule has 0 aliphatic heterocycles. The number of hydrogen-bond donors (Lipinski definition) is 4. The van der Waals surface area contributed by atoms with E-state index < -0.39 is 30.8 Å². The second-order valence-electron chi connectivity index (χ2n) is 3.00. The topological polar surface area (TPSA) is 107 Å². The van der Waals surface area contributed by atoms with Gasteiger partial charge in [-0.2, -0.15) is 0 Å². The molecule has 0 aliphatic carbocycles. The zero-order valence-corrected chi connectivity index (χ0v) is 7.88. The Balaban J connectivity index is 4.09. The minimum absolute atomic E-state index is 0.166. The molecular formula is C8H15NO5. The van der Waals surface area contributed by atoms with Gasteiger partial charge in [0.15, 0.2) is 0 Å². The maximum atomic E-state index is 10.6. The van der Waals surface area contributed by atoms with Crippen LogP contribution in [0, 0.1) is 0 Å². The van der Waals surface area contributed by atoms with Crippen LogP contribution in [0.25, 0.3) is 0 Å². The summed E-state index contributed by atoms with van der Waals surface area (Å²) >= 11 is 0. The van der Waals surface area contributed by atoms with Gasteiger partial charge in [-0.25, -0.2) is 0 Å². The molecule has 0 aliphatic rings. The van der Waals surface area contributed by atoms with Crippen molar-refractivity contribution in [2.45, 2.75) is 31.6 Å². The quantitative estimate of drug-likeness (QED) is 0.368. The Morgan fingerprint density at radius 3 is 2.43 bits per heavy atom. The minimum Gasteiger partial charge on any atom is -0.394 e. The Bertz CT molecular complexity index is 196. The van der Waals surface area contributed by atoms with Crippen LogP contribution < -0.4 is 5.32 Å². The Morgan fingerprint density at radius 2 is 2.07 bits per heavy atom. The number of aliphatic hydroxyl groups is 3. The molecule has 0 saturated heterocycles. The lowest BCUT2D eigenvalue weighted by Gasteiger charge is -2.19. The Hall–Kier alpha value is -0.980. The highest BCUT2D eigenvalue weighted by molar-refractivity contribution is 5.77. The first-order valence-corrected chi connectivity index (χ1v) is 4.20. The second-order valence-corrected chi connectivity index (χ2v) is 3.00. The van der Waals surface area contributed by atoms with E-state index in [9.17, 15) is 14.7 Å². The highest BCUT2D eigenvalue weighted by Crippen LogP contribution is 2.01. The van der Waals surface area contributed by atoms with E-state index in [0.717, 1.165) is 0 Å². The SMILES string of the molecule is CC(=O)N[C@@H](C=O)[C@@H](O)C[C@H](O)CO. The molecule has 0 aromatic rings. The van der Waals surface area contributed by atoms with Crippen LogP contribution in [0.5, 0.6) is 0 Å². The third kappa shape index (κ3) is 4.90. The van der Waals surface area contributed by atoms with E-state index in [2.05, 4.69) is 5.32 Å². The van der Waals surface area contributed by atoms with Crippen LogP contribution in [0.4, 0.5) is 0 Å². The summed E-state index contributed by atoms with van der Waals surface area (Å²) in [5.41, 5.74) is 0. The van der Waals surface area contributed by atoms with Crippen LogP contribution in [0.2, 0.25) is 0 Å². The summed E-state index contributed by atoms with van der Waals surface area (Å²) in [7, 11) is 0. The van der Waals surface area contributed by atoms with Gasteiger partial charge >= 0.3 is 0 Å². The fourth-order valence-corrected chi connectivity index (χ4v) is 0.956. The summed E-state index contributed by atoms with van der Waals surface area (Å²) in [6, 6.07) is -1.05. The predicted octanol–water partition coefficient (Wildman–Crippen LogP) is -2.21. The smallest absolute Gasteiger partial charge is 0.217 e. The molecule has 0 radical (unpaired) electrons. The van der Waals surface area contributed by atoms with Crippen LogP contribution in [0.15, 0.2) is 0 Å². The predicted molar refractivity (Wildman–Crippen MR) is 47.4 cm³/mol. The molecular weight excluding hydrogens is 190 g/mol. The van der Waals surface area contributed by atoms with Gasteiger partial charge in [-0.1, -0.05) is 0 Å². The van der Waals surface area contributed by atoms with Crippen molar-refractivity contribution < 1.29 is 24.9 Å². The molecule has 0 aromatic carbocycles. The lowest BCUT2D eigenvalue weighted by Crippen LogP contribution is -2.45. The third-order valence-electron chi connectivity index (χ3n) is 1.66. The molecule has 0 heterocycles. The minimum atomic E-state index is -1.20. The maximum Gasteiger partial charge on any atom is 0.217 e. The number of aliphatic hydroxyl groups excluding tert-OH is 3. The summed E-state index contributed by atoms with van der Waals surface area (Å²) in [6.45, 7) is 0.717. The summed E-state index contributed by atoms with van der Waals surface area (Å²) in [4.78, 5) is 21.0. The highest BCUT2D eigenvalue weighted by Gasteiger charge is 2.21. The molecule has 1 amide bonds. The second kappa shape index (κ2) is 6.47. The number of aldehydes is 1. The van der Waals surface area contributed by atoms with Gasteiger partial charge in [0.1, 0.15) is 12.3 Å². The van der Waals surface area contributed by atoms with Gasteiger partial charge in [0.25, 0.3) is 0 Å². The van der Waals surface area contributed by atoms with Crippen LogP contribution in [-0.4, -0.2) is 52.4 Å². The maximum absolute atomic E-state index is 10.6. The molecule has 6 heteroatoms. The van der Waals surface area contributed by atoms with Gasteiger partial charge in [-0.05, 0) is 0 Å².